The van der Waals surface area contributed by atoms with E-state index in [2.05, 4.69) is 18.3 Å². The summed E-state index contributed by atoms with van der Waals surface area (Å²) in [5.74, 6) is -0.840. The quantitative estimate of drug-likeness (QED) is 0.907. The van der Waals surface area contributed by atoms with Gasteiger partial charge in [0.1, 0.15) is 5.82 Å². The molecule has 0 spiro atoms. The van der Waals surface area contributed by atoms with E-state index in [4.69, 9.17) is 0 Å². The van der Waals surface area contributed by atoms with E-state index in [9.17, 15) is 9.18 Å². The maximum atomic E-state index is 13.7. The number of halogens is 1. The van der Waals surface area contributed by atoms with Crippen molar-refractivity contribution in [3.63, 3.8) is 0 Å². The molecule has 0 saturated carbocycles. The van der Waals surface area contributed by atoms with Crippen LogP contribution in [0.4, 0.5) is 4.39 Å². The van der Waals surface area contributed by atoms with Crippen LogP contribution in [-0.2, 0) is 13.0 Å². The second-order valence-corrected chi connectivity index (χ2v) is 5.39. The van der Waals surface area contributed by atoms with Crippen molar-refractivity contribution >= 4 is 17.2 Å². The van der Waals surface area contributed by atoms with Crippen LogP contribution in [0.5, 0.6) is 0 Å². The van der Waals surface area contributed by atoms with Gasteiger partial charge in [-0.1, -0.05) is 13.0 Å². The summed E-state index contributed by atoms with van der Waals surface area (Å²) in [7, 11) is 0. The van der Waals surface area contributed by atoms with Crippen LogP contribution in [0, 0.1) is 12.7 Å². The SMILES string of the molecule is CCc1ccsc1CNC(=O)c1ccc(C)cc1F. The van der Waals surface area contributed by atoms with E-state index in [1.807, 2.05) is 5.38 Å². The molecular formula is C15H16FNOS. The van der Waals surface area contributed by atoms with Crippen molar-refractivity contribution < 1.29 is 9.18 Å². The Morgan fingerprint density at radius 3 is 2.84 bits per heavy atom. The standard InChI is InChI=1S/C15H16FNOS/c1-3-11-6-7-19-14(11)9-17-15(18)12-5-4-10(2)8-13(12)16/h4-8H,3,9H2,1-2H3,(H,17,18). The molecule has 2 nitrogen and oxygen atoms in total. The first kappa shape index (κ1) is 13.7. The van der Waals surface area contributed by atoms with Crippen LogP contribution in [0.2, 0.25) is 0 Å². The summed E-state index contributed by atoms with van der Waals surface area (Å²) in [5, 5.41) is 4.77. The topological polar surface area (TPSA) is 29.1 Å². The summed E-state index contributed by atoms with van der Waals surface area (Å²) in [6.07, 6.45) is 0.938. The summed E-state index contributed by atoms with van der Waals surface area (Å²) in [6, 6.07) is 6.69. The highest BCUT2D eigenvalue weighted by Crippen LogP contribution is 2.17. The van der Waals surface area contributed by atoms with Gasteiger partial charge in [-0.3, -0.25) is 4.79 Å². The molecule has 100 valence electrons. The Bertz CT molecular complexity index is 592. The van der Waals surface area contributed by atoms with Gasteiger partial charge >= 0.3 is 0 Å². The molecule has 1 N–H and O–H groups in total. The highest BCUT2D eigenvalue weighted by Gasteiger charge is 2.12. The van der Waals surface area contributed by atoms with Crippen LogP contribution in [0.1, 0.15) is 33.3 Å². The summed E-state index contributed by atoms with van der Waals surface area (Å²) in [6.45, 7) is 4.32. The molecule has 19 heavy (non-hydrogen) atoms. The number of benzene rings is 1. The predicted octanol–water partition coefficient (Wildman–Crippen LogP) is 3.69. The summed E-state index contributed by atoms with van der Waals surface area (Å²) in [5.41, 5.74) is 2.13. The molecule has 0 aliphatic heterocycles. The lowest BCUT2D eigenvalue weighted by Crippen LogP contribution is -2.23. The van der Waals surface area contributed by atoms with Crippen LogP contribution in [0.15, 0.2) is 29.6 Å². The van der Waals surface area contributed by atoms with E-state index in [1.54, 1.807) is 24.3 Å². The second-order valence-electron chi connectivity index (χ2n) is 4.39. The van der Waals surface area contributed by atoms with Crippen molar-refractivity contribution in [2.24, 2.45) is 0 Å². The zero-order valence-electron chi connectivity index (χ0n) is 11.0. The van der Waals surface area contributed by atoms with Gasteiger partial charge in [0.15, 0.2) is 0 Å². The normalized spacial score (nSPS) is 10.5. The number of amides is 1. The largest absolute Gasteiger partial charge is 0.347 e. The molecule has 0 bridgehead atoms. The number of carbonyl (C=O) groups is 1. The highest BCUT2D eigenvalue weighted by atomic mass is 32.1. The third-order valence-electron chi connectivity index (χ3n) is 3.00. The van der Waals surface area contributed by atoms with E-state index < -0.39 is 5.82 Å². The Labute approximate surface area is 116 Å². The fourth-order valence-electron chi connectivity index (χ4n) is 1.90. The number of aryl methyl sites for hydroxylation is 2. The molecule has 0 radical (unpaired) electrons. The Morgan fingerprint density at radius 2 is 2.16 bits per heavy atom. The van der Waals surface area contributed by atoms with Gasteiger partial charge in [0.2, 0.25) is 0 Å². The van der Waals surface area contributed by atoms with Gasteiger partial charge in [0, 0.05) is 4.88 Å². The monoisotopic (exact) mass is 277 g/mol. The highest BCUT2D eigenvalue weighted by molar-refractivity contribution is 7.10. The first-order valence-corrected chi connectivity index (χ1v) is 7.09. The van der Waals surface area contributed by atoms with Gasteiger partial charge in [0.05, 0.1) is 12.1 Å². The minimum atomic E-state index is -0.473. The van der Waals surface area contributed by atoms with Crippen LogP contribution in [0.3, 0.4) is 0 Å². The van der Waals surface area contributed by atoms with Gasteiger partial charge in [-0.2, -0.15) is 0 Å². The third-order valence-corrected chi connectivity index (χ3v) is 3.96. The number of thiophene rings is 1. The lowest BCUT2D eigenvalue weighted by atomic mass is 10.1. The van der Waals surface area contributed by atoms with E-state index in [0.717, 1.165) is 16.9 Å². The Morgan fingerprint density at radius 1 is 1.37 bits per heavy atom. The average Bonchev–Trinajstić information content (AvgIpc) is 2.83. The molecule has 0 saturated heterocycles. The van der Waals surface area contributed by atoms with Crippen molar-refractivity contribution in [2.45, 2.75) is 26.8 Å². The lowest BCUT2D eigenvalue weighted by molar-refractivity contribution is 0.0947. The molecule has 2 rings (SSSR count). The Balaban J connectivity index is 2.05. The number of hydrogen-bond donors (Lipinski definition) is 1. The minimum absolute atomic E-state index is 0.0974. The lowest BCUT2D eigenvalue weighted by Gasteiger charge is -2.07. The van der Waals surface area contributed by atoms with Crippen molar-refractivity contribution in [3.05, 3.63) is 57.0 Å². The zero-order valence-corrected chi connectivity index (χ0v) is 11.8. The van der Waals surface area contributed by atoms with Crippen molar-refractivity contribution in [2.75, 3.05) is 0 Å². The average molecular weight is 277 g/mol. The van der Waals surface area contributed by atoms with E-state index in [-0.39, 0.29) is 11.5 Å². The van der Waals surface area contributed by atoms with E-state index in [1.165, 1.54) is 17.7 Å². The van der Waals surface area contributed by atoms with Crippen LogP contribution >= 0.6 is 11.3 Å². The van der Waals surface area contributed by atoms with Gasteiger partial charge < -0.3 is 5.32 Å². The molecule has 1 aromatic carbocycles. The molecule has 1 amide bonds. The van der Waals surface area contributed by atoms with Gasteiger partial charge in [-0.15, -0.1) is 11.3 Å². The molecule has 0 atom stereocenters. The molecule has 0 aliphatic rings. The van der Waals surface area contributed by atoms with Crippen LogP contribution in [-0.4, -0.2) is 5.91 Å². The van der Waals surface area contributed by atoms with Crippen LogP contribution in [0.25, 0.3) is 0 Å². The molecule has 1 heterocycles. The third kappa shape index (κ3) is 3.20. The smallest absolute Gasteiger partial charge is 0.254 e. The van der Waals surface area contributed by atoms with Crippen molar-refractivity contribution in [1.82, 2.24) is 5.32 Å². The summed E-state index contributed by atoms with van der Waals surface area (Å²) in [4.78, 5) is 13.1. The molecule has 0 fully saturated rings. The first-order chi connectivity index (χ1) is 9.11. The Kier molecular flexibility index (Phi) is 4.32. The first-order valence-electron chi connectivity index (χ1n) is 6.21. The van der Waals surface area contributed by atoms with Crippen molar-refractivity contribution in [1.29, 1.82) is 0 Å². The fourth-order valence-corrected chi connectivity index (χ4v) is 2.81. The molecule has 2 aromatic rings. The maximum absolute atomic E-state index is 13.7. The van der Waals surface area contributed by atoms with Gasteiger partial charge in [0.25, 0.3) is 5.91 Å². The summed E-state index contributed by atoms with van der Waals surface area (Å²) >= 11 is 1.61. The van der Waals surface area contributed by atoms with Crippen molar-refractivity contribution in [3.8, 4) is 0 Å². The molecule has 0 unspecified atom stereocenters. The zero-order chi connectivity index (χ0) is 13.8. The van der Waals surface area contributed by atoms with Gasteiger partial charge in [-0.05, 0) is 48.1 Å². The number of rotatable bonds is 4. The molecule has 4 heteroatoms. The molecular weight excluding hydrogens is 261 g/mol. The Hall–Kier alpha value is -1.68. The van der Waals surface area contributed by atoms with Gasteiger partial charge in [-0.25, -0.2) is 4.39 Å². The number of carbonyl (C=O) groups excluding carboxylic acids is 1. The molecule has 1 aromatic heterocycles. The second kappa shape index (κ2) is 5.97. The van der Waals surface area contributed by atoms with E-state index >= 15 is 0 Å². The van der Waals surface area contributed by atoms with Crippen LogP contribution < -0.4 is 5.32 Å². The molecule has 0 aliphatic carbocycles. The predicted molar refractivity (Wildman–Crippen MR) is 76.0 cm³/mol. The van der Waals surface area contributed by atoms with E-state index in [0.29, 0.717) is 6.54 Å². The summed E-state index contributed by atoms with van der Waals surface area (Å²) < 4.78 is 13.7. The minimum Gasteiger partial charge on any atom is -0.347 e. The maximum Gasteiger partial charge on any atom is 0.254 e. The number of nitrogens with one attached hydrogen (secondary N) is 1. The number of hydrogen-bond acceptors (Lipinski definition) is 2. The fraction of sp³-hybridized carbons (Fsp3) is 0.267.